The third-order valence-electron chi connectivity index (χ3n) is 2.97. The van der Waals surface area contributed by atoms with Crippen LogP contribution in [0.4, 0.5) is 0 Å². The lowest BCUT2D eigenvalue weighted by Gasteiger charge is -2.14. The second kappa shape index (κ2) is 7.19. The van der Waals surface area contributed by atoms with Crippen LogP contribution in [0.5, 0.6) is 5.75 Å². The highest BCUT2D eigenvalue weighted by Gasteiger charge is 2.19. The molecule has 0 aliphatic heterocycles. The minimum Gasteiger partial charge on any atom is -0.507 e. The molecule has 0 bridgehead atoms. The fourth-order valence-corrected chi connectivity index (χ4v) is 2.17. The van der Waals surface area contributed by atoms with Gasteiger partial charge < -0.3 is 9.84 Å². The highest BCUT2D eigenvalue weighted by Crippen LogP contribution is 2.28. The van der Waals surface area contributed by atoms with E-state index in [0.29, 0.717) is 12.3 Å². The van der Waals surface area contributed by atoms with Crippen LogP contribution in [0, 0.1) is 13.8 Å². The molecule has 0 atom stereocenters. The Balaban J connectivity index is 3.22. The second-order valence-electron chi connectivity index (χ2n) is 4.24. The zero-order valence-corrected chi connectivity index (χ0v) is 12.3. The van der Waals surface area contributed by atoms with Gasteiger partial charge in [-0.1, -0.05) is 12.2 Å². The van der Waals surface area contributed by atoms with E-state index in [0.717, 1.165) is 16.7 Å². The number of aromatic hydroxyl groups is 1. The van der Waals surface area contributed by atoms with Crippen molar-refractivity contribution in [3.8, 4) is 5.75 Å². The molecule has 0 radical (unpaired) electrons. The third-order valence-corrected chi connectivity index (χ3v) is 3.15. The van der Waals surface area contributed by atoms with E-state index < -0.39 is 5.97 Å². The highest BCUT2D eigenvalue weighted by atomic mass is 35.5. The van der Waals surface area contributed by atoms with Crippen LogP contribution < -0.4 is 0 Å². The van der Waals surface area contributed by atoms with Crippen molar-refractivity contribution in [3.05, 3.63) is 40.5 Å². The van der Waals surface area contributed by atoms with E-state index in [2.05, 4.69) is 0 Å². The van der Waals surface area contributed by atoms with Gasteiger partial charge in [0.25, 0.3) is 0 Å². The Morgan fingerprint density at radius 1 is 1.42 bits per heavy atom. The summed E-state index contributed by atoms with van der Waals surface area (Å²) in [5, 5.41) is 9.93. The molecule has 0 saturated heterocycles. The van der Waals surface area contributed by atoms with Gasteiger partial charge in [0.1, 0.15) is 11.3 Å². The quantitative estimate of drug-likeness (QED) is 0.511. The molecule has 0 aromatic heterocycles. The van der Waals surface area contributed by atoms with Crippen molar-refractivity contribution in [1.29, 1.82) is 0 Å². The number of carbonyl (C=O) groups is 1. The van der Waals surface area contributed by atoms with Gasteiger partial charge in [-0.3, -0.25) is 0 Å². The van der Waals surface area contributed by atoms with E-state index in [-0.39, 0.29) is 17.9 Å². The smallest absolute Gasteiger partial charge is 0.342 e. The van der Waals surface area contributed by atoms with Crippen LogP contribution in [0.2, 0.25) is 0 Å². The highest BCUT2D eigenvalue weighted by molar-refractivity contribution is 6.18. The maximum Gasteiger partial charge on any atom is 0.342 e. The standard InChI is InChI=1S/C15H19ClO3/c1-4-19-15(18)14-11(3)12(7-5-6-8-16)10(2)9-13(14)17/h5-6,9,17H,4,7-8H2,1-3H3/b6-5+. The summed E-state index contributed by atoms with van der Waals surface area (Å²) >= 11 is 5.59. The van der Waals surface area contributed by atoms with E-state index in [4.69, 9.17) is 16.3 Å². The lowest BCUT2D eigenvalue weighted by Crippen LogP contribution is -2.09. The molecule has 1 N–H and O–H groups in total. The average molecular weight is 283 g/mol. The van der Waals surface area contributed by atoms with E-state index in [1.54, 1.807) is 13.0 Å². The summed E-state index contributed by atoms with van der Waals surface area (Å²) in [6.45, 7) is 5.75. The molecular formula is C15H19ClO3. The van der Waals surface area contributed by atoms with Crippen LogP contribution in [-0.4, -0.2) is 23.6 Å². The molecule has 19 heavy (non-hydrogen) atoms. The fraction of sp³-hybridized carbons (Fsp3) is 0.400. The Kier molecular flexibility index (Phi) is 5.90. The van der Waals surface area contributed by atoms with Crippen molar-refractivity contribution in [1.82, 2.24) is 0 Å². The molecule has 1 rings (SSSR count). The van der Waals surface area contributed by atoms with Gasteiger partial charge in [0.05, 0.1) is 6.61 Å². The van der Waals surface area contributed by atoms with E-state index >= 15 is 0 Å². The molecule has 0 heterocycles. The van der Waals surface area contributed by atoms with Crippen molar-refractivity contribution in [2.24, 2.45) is 0 Å². The van der Waals surface area contributed by atoms with Crippen LogP contribution in [0.3, 0.4) is 0 Å². The molecular weight excluding hydrogens is 264 g/mol. The molecule has 3 nitrogen and oxygen atoms in total. The Morgan fingerprint density at radius 2 is 2.11 bits per heavy atom. The zero-order valence-electron chi connectivity index (χ0n) is 11.5. The third kappa shape index (κ3) is 3.74. The predicted octanol–water partition coefficient (Wildman–Crippen LogP) is 3.52. The first-order valence-electron chi connectivity index (χ1n) is 6.23. The van der Waals surface area contributed by atoms with Crippen LogP contribution in [0.1, 0.15) is 34.0 Å². The molecule has 0 saturated carbocycles. The van der Waals surface area contributed by atoms with Crippen molar-refractivity contribution < 1.29 is 14.6 Å². The summed E-state index contributed by atoms with van der Waals surface area (Å²) in [7, 11) is 0. The number of alkyl halides is 1. The lowest BCUT2D eigenvalue weighted by molar-refractivity contribution is 0.0522. The minimum absolute atomic E-state index is 0.0291. The summed E-state index contributed by atoms with van der Waals surface area (Å²) in [4.78, 5) is 11.9. The Morgan fingerprint density at radius 3 is 2.68 bits per heavy atom. The number of hydrogen-bond acceptors (Lipinski definition) is 3. The average Bonchev–Trinajstić information content (AvgIpc) is 2.33. The maximum absolute atomic E-state index is 11.9. The summed E-state index contributed by atoms with van der Waals surface area (Å²) in [6.07, 6.45) is 4.49. The normalized spacial score (nSPS) is 10.9. The molecule has 0 spiro atoms. The van der Waals surface area contributed by atoms with Crippen LogP contribution >= 0.6 is 11.6 Å². The predicted molar refractivity (Wildman–Crippen MR) is 77.1 cm³/mol. The van der Waals surface area contributed by atoms with Crippen molar-refractivity contribution in [2.45, 2.75) is 27.2 Å². The first-order chi connectivity index (χ1) is 9.02. The van der Waals surface area contributed by atoms with Crippen molar-refractivity contribution in [2.75, 3.05) is 12.5 Å². The van der Waals surface area contributed by atoms with Crippen LogP contribution in [0.25, 0.3) is 0 Å². The van der Waals surface area contributed by atoms with Gasteiger partial charge in [0.15, 0.2) is 0 Å². The monoisotopic (exact) mass is 282 g/mol. The molecule has 0 fully saturated rings. The number of carbonyl (C=O) groups excluding carboxylic acids is 1. The summed E-state index contributed by atoms with van der Waals surface area (Å²) in [6, 6.07) is 1.60. The molecule has 4 heteroatoms. The molecule has 104 valence electrons. The fourth-order valence-electron chi connectivity index (χ4n) is 2.04. The number of halogens is 1. The van der Waals surface area contributed by atoms with Crippen molar-refractivity contribution >= 4 is 17.6 Å². The second-order valence-corrected chi connectivity index (χ2v) is 4.55. The van der Waals surface area contributed by atoms with Gasteiger partial charge in [-0.2, -0.15) is 0 Å². The molecule has 0 aliphatic rings. The largest absolute Gasteiger partial charge is 0.507 e. The molecule has 1 aromatic rings. The number of rotatable bonds is 5. The van der Waals surface area contributed by atoms with E-state index in [9.17, 15) is 9.90 Å². The number of benzene rings is 1. The van der Waals surface area contributed by atoms with Gasteiger partial charge in [-0.05, 0) is 49.9 Å². The number of phenols is 1. The first kappa shape index (κ1) is 15.6. The number of esters is 1. The van der Waals surface area contributed by atoms with Gasteiger partial charge in [-0.15, -0.1) is 11.6 Å². The summed E-state index contributed by atoms with van der Waals surface area (Å²) < 4.78 is 4.97. The SMILES string of the molecule is CCOC(=O)c1c(O)cc(C)c(C/C=C/CCl)c1C. The topological polar surface area (TPSA) is 46.5 Å². The number of aryl methyl sites for hydroxylation is 1. The molecule has 1 aromatic carbocycles. The van der Waals surface area contributed by atoms with Gasteiger partial charge >= 0.3 is 5.97 Å². The number of phenolic OH excluding ortho intramolecular Hbond substituents is 1. The Hall–Kier alpha value is -1.48. The number of ether oxygens (including phenoxy) is 1. The minimum atomic E-state index is -0.486. The van der Waals surface area contributed by atoms with E-state index in [1.807, 2.05) is 26.0 Å². The van der Waals surface area contributed by atoms with Gasteiger partial charge in [0, 0.05) is 5.88 Å². The van der Waals surface area contributed by atoms with E-state index in [1.165, 1.54) is 0 Å². The number of allylic oxidation sites excluding steroid dienone is 2. The first-order valence-corrected chi connectivity index (χ1v) is 6.76. The van der Waals surface area contributed by atoms with Crippen LogP contribution in [-0.2, 0) is 11.2 Å². The number of hydrogen-bond donors (Lipinski definition) is 1. The lowest BCUT2D eigenvalue weighted by atomic mass is 9.94. The Bertz CT molecular complexity index is 493. The Labute approximate surface area is 118 Å². The van der Waals surface area contributed by atoms with Gasteiger partial charge in [-0.25, -0.2) is 4.79 Å². The van der Waals surface area contributed by atoms with Crippen LogP contribution in [0.15, 0.2) is 18.2 Å². The summed E-state index contributed by atoms with van der Waals surface area (Å²) in [5.74, 6) is -0.0560. The maximum atomic E-state index is 11.9. The van der Waals surface area contributed by atoms with Gasteiger partial charge in [0.2, 0.25) is 0 Å². The zero-order chi connectivity index (χ0) is 14.4. The molecule has 0 aliphatic carbocycles. The molecule has 0 amide bonds. The summed E-state index contributed by atoms with van der Waals surface area (Å²) in [5.41, 5.74) is 2.97. The molecule has 0 unspecified atom stereocenters. The van der Waals surface area contributed by atoms with Crippen molar-refractivity contribution in [3.63, 3.8) is 0 Å².